The molecule has 1 heterocycles. The second kappa shape index (κ2) is 8.25. The van der Waals surface area contributed by atoms with E-state index < -0.39 is 16.0 Å². The fourth-order valence-corrected chi connectivity index (χ4v) is 4.93. The van der Waals surface area contributed by atoms with Gasteiger partial charge >= 0.3 is 5.97 Å². The number of nitrogens with one attached hydrogen (secondary N) is 1. The van der Waals surface area contributed by atoms with Crippen molar-refractivity contribution in [2.75, 3.05) is 0 Å². The number of nitrogens with zero attached hydrogens (tertiary/aromatic N) is 1. The second-order valence-electron chi connectivity index (χ2n) is 7.10. The van der Waals surface area contributed by atoms with Crippen molar-refractivity contribution in [2.24, 2.45) is 0 Å². The summed E-state index contributed by atoms with van der Waals surface area (Å²) in [5.41, 5.74) is 2.15. The van der Waals surface area contributed by atoms with Crippen molar-refractivity contribution >= 4 is 27.3 Å². The number of hydrogen-bond acceptors (Lipinski definition) is 6. The lowest BCUT2D eigenvalue weighted by Crippen LogP contribution is -2.26. The van der Waals surface area contributed by atoms with Gasteiger partial charge in [-0.25, -0.2) is 27.3 Å². The molecule has 0 amide bonds. The normalized spacial score (nSPS) is 13.9. The maximum Gasteiger partial charge on any atom is 0.338 e. The van der Waals surface area contributed by atoms with Crippen LogP contribution in [-0.4, -0.2) is 25.4 Å². The van der Waals surface area contributed by atoms with Crippen molar-refractivity contribution in [2.45, 2.75) is 37.3 Å². The van der Waals surface area contributed by atoms with E-state index in [1.165, 1.54) is 35.6 Å². The molecule has 1 aliphatic carbocycles. The average Bonchev–Trinajstić information content (AvgIpc) is 3.39. The van der Waals surface area contributed by atoms with Gasteiger partial charge in [-0.3, -0.25) is 0 Å². The summed E-state index contributed by atoms with van der Waals surface area (Å²) in [6, 6.07) is 10.4. The molecule has 0 unspecified atom stereocenters. The molecular weight excluding hydrogens is 427 g/mol. The Kier molecular flexibility index (Phi) is 5.68. The van der Waals surface area contributed by atoms with Crippen LogP contribution in [-0.2, 0) is 21.4 Å². The number of esters is 1. The maximum absolute atomic E-state index is 13.1. The molecule has 4 rings (SSSR count). The first-order chi connectivity index (χ1) is 14.3. The van der Waals surface area contributed by atoms with Gasteiger partial charge in [-0.05, 0) is 61.7 Å². The second-order valence-corrected chi connectivity index (χ2v) is 9.67. The van der Waals surface area contributed by atoms with Crippen molar-refractivity contribution in [3.8, 4) is 10.6 Å². The summed E-state index contributed by atoms with van der Waals surface area (Å²) in [7, 11) is -3.66. The molecule has 0 spiro atoms. The number of thiazole rings is 1. The summed E-state index contributed by atoms with van der Waals surface area (Å²) in [6.45, 7) is 1.67. The van der Waals surface area contributed by atoms with E-state index in [9.17, 15) is 17.6 Å². The molecule has 30 heavy (non-hydrogen) atoms. The number of sulfonamides is 1. The highest BCUT2D eigenvalue weighted by Crippen LogP contribution is 2.25. The molecule has 1 N–H and O–H groups in total. The molecule has 0 bridgehead atoms. The number of carbonyl (C=O) groups is 1. The van der Waals surface area contributed by atoms with E-state index in [1.807, 2.05) is 0 Å². The molecule has 1 saturated carbocycles. The Balaban J connectivity index is 1.45. The number of ether oxygens (including phenoxy) is 1. The van der Waals surface area contributed by atoms with Crippen molar-refractivity contribution in [1.82, 2.24) is 9.71 Å². The van der Waals surface area contributed by atoms with Gasteiger partial charge in [0.1, 0.15) is 17.4 Å². The molecule has 1 aromatic heterocycles. The molecule has 1 fully saturated rings. The average molecular weight is 447 g/mol. The molecule has 6 nitrogen and oxygen atoms in total. The summed E-state index contributed by atoms with van der Waals surface area (Å²) in [5.74, 6) is -0.941. The molecule has 0 radical (unpaired) electrons. The Morgan fingerprint density at radius 1 is 1.23 bits per heavy atom. The SMILES string of the molecule is Cc1ccc(S(=O)(=O)NC2CC2)cc1C(=O)OCc1csc(-c2ccc(F)cc2)n1. The Bertz CT molecular complexity index is 1190. The number of rotatable bonds is 7. The van der Waals surface area contributed by atoms with Gasteiger partial charge in [-0.1, -0.05) is 6.07 Å². The molecule has 156 valence electrons. The van der Waals surface area contributed by atoms with Crippen LogP contribution in [0.5, 0.6) is 0 Å². The Labute approximate surface area is 177 Å². The van der Waals surface area contributed by atoms with E-state index in [4.69, 9.17) is 4.74 Å². The predicted octanol–water partition coefficient (Wildman–Crippen LogP) is 4.06. The third-order valence-electron chi connectivity index (χ3n) is 4.63. The number of aryl methyl sites for hydroxylation is 1. The van der Waals surface area contributed by atoms with Gasteiger partial charge in [-0.2, -0.15) is 0 Å². The minimum Gasteiger partial charge on any atom is -0.456 e. The van der Waals surface area contributed by atoms with E-state index in [-0.39, 0.29) is 28.9 Å². The van der Waals surface area contributed by atoms with Crippen LogP contribution in [0.15, 0.2) is 52.7 Å². The third-order valence-corrected chi connectivity index (χ3v) is 7.09. The number of hydrogen-bond donors (Lipinski definition) is 1. The topological polar surface area (TPSA) is 85.4 Å². The minimum absolute atomic E-state index is 0.0216. The van der Waals surface area contributed by atoms with Gasteiger partial charge in [0.25, 0.3) is 0 Å². The lowest BCUT2D eigenvalue weighted by Gasteiger charge is -2.10. The van der Waals surface area contributed by atoms with Crippen LogP contribution in [0.1, 0.15) is 34.5 Å². The fraction of sp³-hybridized carbons (Fsp3) is 0.238. The van der Waals surface area contributed by atoms with E-state index in [0.29, 0.717) is 16.3 Å². The van der Waals surface area contributed by atoms with E-state index in [2.05, 4.69) is 9.71 Å². The van der Waals surface area contributed by atoms with Gasteiger partial charge in [-0.15, -0.1) is 11.3 Å². The summed E-state index contributed by atoms with van der Waals surface area (Å²) in [4.78, 5) is 17.0. The first kappa shape index (κ1) is 20.6. The molecule has 0 saturated heterocycles. The standard InChI is InChI=1S/C21H19FN2O4S2/c1-13-2-9-18(30(26,27)24-16-7-8-16)10-19(13)21(25)28-11-17-12-29-20(23-17)14-3-5-15(22)6-4-14/h2-6,9-10,12,16,24H,7-8,11H2,1H3. The highest BCUT2D eigenvalue weighted by Gasteiger charge is 2.28. The lowest BCUT2D eigenvalue weighted by atomic mass is 10.1. The predicted molar refractivity (Wildman–Crippen MR) is 111 cm³/mol. The molecule has 0 aliphatic heterocycles. The van der Waals surface area contributed by atoms with Crippen LogP contribution in [0, 0.1) is 12.7 Å². The van der Waals surface area contributed by atoms with E-state index in [0.717, 1.165) is 18.4 Å². The van der Waals surface area contributed by atoms with Crippen LogP contribution >= 0.6 is 11.3 Å². The Morgan fingerprint density at radius 3 is 2.67 bits per heavy atom. The summed E-state index contributed by atoms with van der Waals surface area (Å²) in [5, 5.41) is 2.45. The highest BCUT2D eigenvalue weighted by atomic mass is 32.2. The van der Waals surface area contributed by atoms with Crippen molar-refractivity contribution in [3.63, 3.8) is 0 Å². The molecule has 3 aromatic rings. The summed E-state index contributed by atoms with van der Waals surface area (Å²) < 4.78 is 45.8. The van der Waals surface area contributed by atoms with E-state index >= 15 is 0 Å². The lowest BCUT2D eigenvalue weighted by molar-refractivity contribution is 0.0467. The van der Waals surface area contributed by atoms with E-state index in [1.54, 1.807) is 30.5 Å². The van der Waals surface area contributed by atoms with Gasteiger partial charge in [0.2, 0.25) is 10.0 Å². The molecule has 2 aromatic carbocycles. The first-order valence-corrected chi connectivity index (χ1v) is 11.7. The maximum atomic E-state index is 13.1. The number of carbonyl (C=O) groups excluding carboxylic acids is 1. The van der Waals surface area contributed by atoms with Gasteiger partial charge < -0.3 is 4.74 Å². The third kappa shape index (κ3) is 4.75. The number of benzene rings is 2. The van der Waals surface area contributed by atoms with Crippen LogP contribution in [0.2, 0.25) is 0 Å². The fourth-order valence-electron chi connectivity index (χ4n) is 2.79. The van der Waals surface area contributed by atoms with Crippen LogP contribution in [0.25, 0.3) is 10.6 Å². The molecule has 0 atom stereocenters. The Morgan fingerprint density at radius 2 is 1.97 bits per heavy atom. The van der Waals surface area contributed by atoms with Crippen molar-refractivity contribution < 1.29 is 22.3 Å². The number of aromatic nitrogens is 1. The quantitative estimate of drug-likeness (QED) is 0.554. The van der Waals surface area contributed by atoms with Crippen molar-refractivity contribution in [1.29, 1.82) is 0 Å². The van der Waals surface area contributed by atoms with Crippen LogP contribution in [0.4, 0.5) is 4.39 Å². The monoisotopic (exact) mass is 446 g/mol. The molecular formula is C21H19FN2O4S2. The number of halogens is 1. The summed E-state index contributed by atoms with van der Waals surface area (Å²) in [6.07, 6.45) is 1.65. The first-order valence-electron chi connectivity index (χ1n) is 9.32. The Hall–Kier alpha value is -2.62. The smallest absolute Gasteiger partial charge is 0.338 e. The van der Waals surface area contributed by atoms with Gasteiger partial charge in [0.05, 0.1) is 16.2 Å². The van der Waals surface area contributed by atoms with Crippen LogP contribution < -0.4 is 4.72 Å². The van der Waals surface area contributed by atoms with Crippen molar-refractivity contribution in [3.05, 3.63) is 70.5 Å². The zero-order valence-electron chi connectivity index (χ0n) is 16.1. The molecule has 9 heteroatoms. The zero-order chi connectivity index (χ0) is 21.3. The van der Waals surface area contributed by atoms with Crippen LogP contribution in [0.3, 0.4) is 0 Å². The largest absolute Gasteiger partial charge is 0.456 e. The highest BCUT2D eigenvalue weighted by molar-refractivity contribution is 7.89. The zero-order valence-corrected chi connectivity index (χ0v) is 17.7. The minimum atomic E-state index is -3.66. The van der Waals surface area contributed by atoms with Gasteiger partial charge in [0, 0.05) is 17.0 Å². The van der Waals surface area contributed by atoms with Gasteiger partial charge in [0.15, 0.2) is 0 Å². The summed E-state index contributed by atoms with van der Waals surface area (Å²) >= 11 is 1.36. The molecule has 1 aliphatic rings.